The van der Waals surface area contributed by atoms with Crippen molar-refractivity contribution in [3.63, 3.8) is 0 Å². The highest BCUT2D eigenvalue weighted by Crippen LogP contribution is 2.44. The molecule has 3 nitrogen and oxygen atoms in total. The first kappa shape index (κ1) is 16.0. The molecule has 4 heteroatoms. The SMILES string of the molecule is CCC[P@](=O)(CC(=O)N(CC)CC)c1ccccc1. The predicted octanol–water partition coefficient (Wildman–Crippen LogP) is 2.95. The molecule has 0 spiro atoms. The molecule has 1 rings (SSSR count). The van der Waals surface area contributed by atoms with Crippen molar-refractivity contribution in [2.45, 2.75) is 27.2 Å². The van der Waals surface area contributed by atoms with Crippen LogP contribution in [0.25, 0.3) is 0 Å². The van der Waals surface area contributed by atoms with Crippen LogP contribution in [-0.4, -0.2) is 36.2 Å². The summed E-state index contributed by atoms with van der Waals surface area (Å²) in [5, 5.41) is 0.831. The third-order valence-corrected chi connectivity index (χ3v) is 6.51. The lowest BCUT2D eigenvalue weighted by Crippen LogP contribution is -2.34. The molecule has 0 aliphatic rings. The molecule has 0 fully saturated rings. The molecule has 0 aliphatic heterocycles. The lowest BCUT2D eigenvalue weighted by Gasteiger charge is -2.23. The maximum atomic E-state index is 13.1. The van der Waals surface area contributed by atoms with Crippen LogP contribution in [0.4, 0.5) is 0 Å². The first-order valence-corrected chi connectivity index (χ1v) is 9.06. The Bertz CT molecular complexity index is 441. The summed E-state index contributed by atoms with van der Waals surface area (Å²) in [6, 6.07) is 9.45. The van der Waals surface area contributed by atoms with Gasteiger partial charge in [-0.3, -0.25) is 4.79 Å². The summed E-state index contributed by atoms with van der Waals surface area (Å²) in [4.78, 5) is 14.0. The lowest BCUT2D eigenvalue weighted by molar-refractivity contribution is -0.128. The zero-order valence-electron chi connectivity index (χ0n) is 12.1. The molecule has 19 heavy (non-hydrogen) atoms. The van der Waals surface area contributed by atoms with E-state index in [1.807, 2.05) is 51.1 Å². The number of hydrogen-bond donors (Lipinski definition) is 0. The molecule has 0 bridgehead atoms. The molecule has 1 amide bonds. The van der Waals surface area contributed by atoms with Crippen molar-refractivity contribution in [1.29, 1.82) is 0 Å². The van der Waals surface area contributed by atoms with E-state index in [0.717, 1.165) is 11.7 Å². The zero-order valence-corrected chi connectivity index (χ0v) is 13.0. The van der Waals surface area contributed by atoms with Gasteiger partial charge >= 0.3 is 0 Å². The van der Waals surface area contributed by atoms with E-state index in [1.165, 1.54) is 0 Å². The minimum Gasteiger partial charge on any atom is -0.343 e. The van der Waals surface area contributed by atoms with Gasteiger partial charge in [-0.1, -0.05) is 37.3 Å². The zero-order chi connectivity index (χ0) is 14.3. The van der Waals surface area contributed by atoms with E-state index in [-0.39, 0.29) is 12.1 Å². The van der Waals surface area contributed by atoms with Crippen LogP contribution in [0.5, 0.6) is 0 Å². The normalized spacial score (nSPS) is 13.8. The average Bonchev–Trinajstić information content (AvgIpc) is 2.41. The fourth-order valence-corrected chi connectivity index (χ4v) is 4.93. The van der Waals surface area contributed by atoms with Crippen molar-refractivity contribution >= 4 is 18.4 Å². The summed E-state index contributed by atoms with van der Waals surface area (Å²) in [7, 11) is -2.60. The van der Waals surface area contributed by atoms with Gasteiger partial charge in [-0.15, -0.1) is 0 Å². The van der Waals surface area contributed by atoms with Gasteiger partial charge in [0.2, 0.25) is 5.91 Å². The second-order valence-corrected chi connectivity index (χ2v) is 7.73. The Morgan fingerprint density at radius 2 is 1.68 bits per heavy atom. The molecule has 0 heterocycles. The van der Waals surface area contributed by atoms with Gasteiger partial charge in [0.05, 0.1) is 6.16 Å². The molecule has 106 valence electrons. The minimum absolute atomic E-state index is 0.00522. The van der Waals surface area contributed by atoms with Crippen molar-refractivity contribution < 1.29 is 9.36 Å². The van der Waals surface area contributed by atoms with Crippen molar-refractivity contribution in [3.8, 4) is 0 Å². The van der Waals surface area contributed by atoms with Gasteiger partial charge in [0, 0.05) is 24.6 Å². The summed E-state index contributed by atoms with van der Waals surface area (Å²) in [5.41, 5.74) is 0. The van der Waals surface area contributed by atoms with E-state index in [0.29, 0.717) is 19.3 Å². The third-order valence-electron chi connectivity index (χ3n) is 3.32. The first-order chi connectivity index (χ1) is 9.07. The fraction of sp³-hybridized carbons (Fsp3) is 0.533. The molecule has 0 saturated heterocycles. The Morgan fingerprint density at radius 1 is 1.11 bits per heavy atom. The van der Waals surface area contributed by atoms with Crippen molar-refractivity contribution in [1.82, 2.24) is 4.90 Å². The van der Waals surface area contributed by atoms with Crippen molar-refractivity contribution in [2.24, 2.45) is 0 Å². The van der Waals surface area contributed by atoms with Gasteiger partial charge in [-0.25, -0.2) is 0 Å². The van der Waals surface area contributed by atoms with Crippen LogP contribution >= 0.6 is 7.14 Å². The second-order valence-electron chi connectivity index (χ2n) is 4.67. The van der Waals surface area contributed by atoms with Crippen molar-refractivity contribution in [3.05, 3.63) is 30.3 Å². The molecule has 0 N–H and O–H groups in total. The van der Waals surface area contributed by atoms with E-state index >= 15 is 0 Å². The Balaban J connectivity index is 2.95. The Labute approximate surface area is 116 Å². The van der Waals surface area contributed by atoms with Gasteiger partial charge < -0.3 is 9.46 Å². The van der Waals surface area contributed by atoms with E-state index in [9.17, 15) is 9.36 Å². The number of amides is 1. The van der Waals surface area contributed by atoms with Crippen LogP contribution in [0.3, 0.4) is 0 Å². The van der Waals surface area contributed by atoms with E-state index in [1.54, 1.807) is 4.90 Å². The van der Waals surface area contributed by atoms with Crippen LogP contribution in [0.2, 0.25) is 0 Å². The van der Waals surface area contributed by atoms with Crippen LogP contribution in [0.15, 0.2) is 30.3 Å². The van der Waals surface area contributed by atoms with E-state index < -0.39 is 7.14 Å². The average molecular weight is 281 g/mol. The van der Waals surface area contributed by atoms with Crippen LogP contribution in [0, 0.1) is 0 Å². The molecule has 0 aromatic heterocycles. The van der Waals surface area contributed by atoms with Crippen LogP contribution in [-0.2, 0) is 9.36 Å². The van der Waals surface area contributed by atoms with E-state index in [4.69, 9.17) is 0 Å². The summed E-state index contributed by atoms with van der Waals surface area (Å²) in [6.07, 6.45) is 1.59. The maximum absolute atomic E-state index is 13.1. The summed E-state index contributed by atoms with van der Waals surface area (Å²) in [6.45, 7) is 7.27. The van der Waals surface area contributed by atoms with Gasteiger partial charge in [0.25, 0.3) is 0 Å². The van der Waals surface area contributed by atoms with Crippen molar-refractivity contribution in [2.75, 3.05) is 25.4 Å². The first-order valence-electron chi connectivity index (χ1n) is 6.98. The number of hydrogen-bond acceptors (Lipinski definition) is 2. The molecule has 0 radical (unpaired) electrons. The molecular weight excluding hydrogens is 257 g/mol. The second kappa shape index (κ2) is 7.49. The molecule has 1 atom stereocenters. The molecule has 1 aromatic carbocycles. The Morgan fingerprint density at radius 3 is 2.16 bits per heavy atom. The third kappa shape index (κ3) is 4.21. The maximum Gasteiger partial charge on any atom is 0.230 e. The summed E-state index contributed by atoms with van der Waals surface area (Å²) in [5.74, 6) is 0.00522. The van der Waals surface area contributed by atoms with Gasteiger partial charge in [0.15, 0.2) is 0 Å². The largest absolute Gasteiger partial charge is 0.343 e. The quantitative estimate of drug-likeness (QED) is 0.721. The molecule has 1 aromatic rings. The van der Waals surface area contributed by atoms with Gasteiger partial charge in [-0.2, -0.15) is 0 Å². The monoisotopic (exact) mass is 281 g/mol. The topological polar surface area (TPSA) is 37.4 Å². The minimum atomic E-state index is -2.60. The van der Waals surface area contributed by atoms with Crippen LogP contribution in [0.1, 0.15) is 27.2 Å². The lowest BCUT2D eigenvalue weighted by atomic mass is 10.4. The molecule has 0 unspecified atom stereocenters. The number of nitrogens with zero attached hydrogens (tertiary/aromatic N) is 1. The molecule has 0 saturated carbocycles. The Kier molecular flexibility index (Phi) is 6.30. The predicted molar refractivity (Wildman–Crippen MR) is 81.6 cm³/mol. The molecule has 0 aliphatic carbocycles. The van der Waals surface area contributed by atoms with E-state index in [2.05, 4.69) is 0 Å². The standard InChI is InChI=1S/C15H24NO2P/c1-4-12-19(18,14-10-8-7-9-11-14)13-15(17)16(5-2)6-3/h7-11H,4-6,12-13H2,1-3H3/t19-/m0/s1. The number of carbonyl (C=O) groups is 1. The smallest absolute Gasteiger partial charge is 0.230 e. The summed E-state index contributed by atoms with van der Waals surface area (Å²) >= 11 is 0. The highest BCUT2D eigenvalue weighted by molar-refractivity contribution is 7.72. The highest BCUT2D eigenvalue weighted by Gasteiger charge is 2.28. The van der Waals surface area contributed by atoms with Gasteiger partial charge in [-0.05, 0) is 20.3 Å². The molecular formula is C15H24NO2P. The van der Waals surface area contributed by atoms with Gasteiger partial charge in [0.1, 0.15) is 7.14 Å². The highest BCUT2D eigenvalue weighted by atomic mass is 31.2. The number of rotatable bonds is 7. The summed E-state index contributed by atoms with van der Waals surface area (Å²) < 4.78 is 13.1. The fourth-order valence-electron chi connectivity index (χ4n) is 2.26. The Hall–Kier alpha value is -1.08. The number of benzene rings is 1. The number of carbonyl (C=O) groups excluding carboxylic acids is 1. The van der Waals surface area contributed by atoms with Crippen LogP contribution < -0.4 is 5.30 Å².